The van der Waals surface area contributed by atoms with Crippen molar-refractivity contribution in [2.45, 2.75) is 0 Å². The van der Waals surface area contributed by atoms with Crippen LogP contribution in [0.3, 0.4) is 0 Å². The molecule has 1 aromatic rings. The van der Waals surface area contributed by atoms with Crippen LogP contribution in [-0.2, 0) is 11.8 Å². The van der Waals surface area contributed by atoms with Crippen molar-refractivity contribution in [3.63, 3.8) is 0 Å². The van der Waals surface area contributed by atoms with Crippen molar-refractivity contribution in [1.82, 2.24) is 9.78 Å². The van der Waals surface area contributed by atoms with Gasteiger partial charge in [0.25, 0.3) is 0 Å². The van der Waals surface area contributed by atoms with Crippen LogP contribution in [-0.4, -0.2) is 20.7 Å². The van der Waals surface area contributed by atoms with E-state index in [0.717, 1.165) is 6.08 Å². The number of carboxylic acid groups (broad SMARTS) is 1. The van der Waals surface area contributed by atoms with Gasteiger partial charge in [-0.15, -0.1) is 0 Å². The van der Waals surface area contributed by atoms with Gasteiger partial charge in [-0.25, -0.2) is 0 Å². The third kappa shape index (κ3) is 3.82. The summed E-state index contributed by atoms with van der Waals surface area (Å²) in [5, 5.41) is 24.0. The fraction of sp³-hybridized carbons (Fsp3) is 0.143. The number of carbonyl (C=O) groups is 1. The molecule has 15 heavy (non-hydrogen) atoms. The number of aryl methyl sites for hydroxylation is 1. The van der Waals surface area contributed by atoms with E-state index < -0.39 is 10.9 Å². The first kappa shape index (κ1) is 13.8. The predicted octanol–water partition coefficient (Wildman–Crippen LogP) is -3.90. The Morgan fingerprint density at radius 1 is 1.67 bits per heavy atom. The fourth-order valence-corrected chi connectivity index (χ4v) is 0.912. The molecule has 0 atom stereocenters. The van der Waals surface area contributed by atoms with E-state index >= 15 is 0 Å². The molecule has 0 unspecified atom stereocenters. The van der Waals surface area contributed by atoms with Crippen LogP contribution >= 0.6 is 0 Å². The van der Waals surface area contributed by atoms with Gasteiger partial charge >= 0.3 is 35.4 Å². The quantitative estimate of drug-likeness (QED) is 0.224. The molecule has 0 N–H and O–H groups in total. The summed E-state index contributed by atoms with van der Waals surface area (Å²) < 4.78 is 1.23. The fourth-order valence-electron chi connectivity index (χ4n) is 0.912. The molecule has 8 heteroatoms. The van der Waals surface area contributed by atoms with Crippen molar-refractivity contribution in [2.75, 3.05) is 0 Å². The maximum absolute atomic E-state index is 10.4. The molecule has 0 fully saturated rings. The molecule has 0 aromatic carbocycles. The van der Waals surface area contributed by atoms with Crippen molar-refractivity contribution in [3.8, 4) is 0 Å². The summed E-state index contributed by atoms with van der Waals surface area (Å²) in [4.78, 5) is 19.8. The predicted molar refractivity (Wildman–Crippen MR) is 43.9 cm³/mol. The standard InChI is InChI=1S/C7H7N3O4.Na/c1-9-4-5(2-3-6(11)12)7(8-9)10(13)14;/h2-4H,1H3,(H,11,12);/q;+1/p-1. The molecular weight excluding hydrogens is 213 g/mol. The first-order valence-corrected chi connectivity index (χ1v) is 3.58. The van der Waals surface area contributed by atoms with Crippen molar-refractivity contribution in [1.29, 1.82) is 0 Å². The van der Waals surface area contributed by atoms with Crippen LogP contribution in [0.2, 0.25) is 0 Å². The number of nitrogens with zero attached hydrogens (tertiary/aromatic N) is 3. The second kappa shape index (κ2) is 5.64. The van der Waals surface area contributed by atoms with E-state index in [-0.39, 0.29) is 40.9 Å². The summed E-state index contributed by atoms with van der Waals surface area (Å²) in [6, 6.07) is 0. The van der Waals surface area contributed by atoms with Crippen LogP contribution in [0.25, 0.3) is 6.08 Å². The number of hydrogen-bond acceptors (Lipinski definition) is 5. The molecule has 74 valence electrons. The Morgan fingerprint density at radius 2 is 2.27 bits per heavy atom. The molecule has 0 amide bonds. The van der Waals surface area contributed by atoms with Crippen LogP contribution in [0.1, 0.15) is 5.56 Å². The van der Waals surface area contributed by atoms with Gasteiger partial charge in [0.1, 0.15) is 0 Å². The van der Waals surface area contributed by atoms with E-state index in [2.05, 4.69) is 5.10 Å². The van der Waals surface area contributed by atoms with E-state index in [1.165, 1.54) is 17.9 Å². The Hall–Kier alpha value is -1.18. The number of aliphatic carboxylic acids is 1. The number of carbonyl (C=O) groups excluding carboxylic acids is 1. The molecule has 0 bridgehead atoms. The number of carboxylic acids is 1. The zero-order valence-electron chi connectivity index (χ0n) is 8.21. The largest absolute Gasteiger partial charge is 1.00 e. The van der Waals surface area contributed by atoms with Gasteiger partial charge in [0.2, 0.25) is 0 Å². The maximum atomic E-state index is 10.4. The molecule has 0 saturated carbocycles. The van der Waals surface area contributed by atoms with Gasteiger partial charge < -0.3 is 20.0 Å². The van der Waals surface area contributed by atoms with Crippen LogP contribution in [0.15, 0.2) is 12.3 Å². The Bertz CT molecular complexity index is 412. The summed E-state index contributed by atoms with van der Waals surface area (Å²) in [6.45, 7) is 0. The Labute approximate surface area is 107 Å². The summed E-state index contributed by atoms with van der Waals surface area (Å²) in [6.07, 6.45) is 3.13. The smallest absolute Gasteiger partial charge is 0.545 e. The van der Waals surface area contributed by atoms with Crippen LogP contribution in [0.5, 0.6) is 0 Å². The van der Waals surface area contributed by atoms with E-state index in [4.69, 9.17) is 0 Å². The normalized spacial score (nSPS) is 9.93. The SMILES string of the molecule is Cn1cc(C=CC(=O)[O-])c([N+](=O)[O-])n1.[Na+]. The zero-order valence-corrected chi connectivity index (χ0v) is 10.2. The molecule has 0 aliphatic rings. The van der Waals surface area contributed by atoms with Gasteiger partial charge in [0.15, 0.2) is 0 Å². The first-order valence-electron chi connectivity index (χ1n) is 3.58. The molecule has 0 aliphatic carbocycles. The molecule has 0 saturated heterocycles. The van der Waals surface area contributed by atoms with Gasteiger partial charge in [0, 0.05) is 0 Å². The summed E-state index contributed by atoms with van der Waals surface area (Å²) in [5.41, 5.74) is 0.127. The Morgan fingerprint density at radius 3 is 2.73 bits per heavy atom. The Balaban J connectivity index is 0.00000196. The second-order valence-corrected chi connectivity index (χ2v) is 2.49. The third-order valence-corrected chi connectivity index (χ3v) is 1.41. The van der Waals surface area contributed by atoms with Gasteiger partial charge in [-0.05, 0) is 17.1 Å². The van der Waals surface area contributed by atoms with E-state index in [0.29, 0.717) is 6.08 Å². The summed E-state index contributed by atoms with van der Waals surface area (Å²) >= 11 is 0. The number of aromatic nitrogens is 2. The third-order valence-electron chi connectivity index (χ3n) is 1.41. The van der Waals surface area contributed by atoms with Crippen molar-refractivity contribution < 1.29 is 44.4 Å². The number of hydrogen-bond donors (Lipinski definition) is 0. The molecule has 0 aliphatic heterocycles. The minimum Gasteiger partial charge on any atom is -0.545 e. The van der Waals surface area contributed by atoms with Crippen LogP contribution in [0.4, 0.5) is 5.82 Å². The summed E-state index contributed by atoms with van der Waals surface area (Å²) in [5.74, 6) is -1.80. The van der Waals surface area contributed by atoms with E-state index in [9.17, 15) is 20.0 Å². The van der Waals surface area contributed by atoms with Gasteiger partial charge in [-0.1, -0.05) is 0 Å². The van der Waals surface area contributed by atoms with E-state index in [1.807, 2.05) is 0 Å². The van der Waals surface area contributed by atoms with Crippen molar-refractivity contribution >= 4 is 17.9 Å². The maximum Gasteiger partial charge on any atom is 1.00 e. The zero-order chi connectivity index (χ0) is 10.7. The number of rotatable bonds is 3. The molecule has 0 radical (unpaired) electrons. The average Bonchev–Trinajstić information content (AvgIpc) is 2.43. The minimum absolute atomic E-state index is 0. The second-order valence-electron chi connectivity index (χ2n) is 2.49. The monoisotopic (exact) mass is 219 g/mol. The topological polar surface area (TPSA) is 101 Å². The number of nitro groups is 1. The molecule has 1 rings (SSSR count). The van der Waals surface area contributed by atoms with Crippen LogP contribution < -0.4 is 34.7 Å². The van der Waals surface area contributed by atoms with Gasteiger partial charge in [0.05, 0.1) is 29.9 Å². The average molecular weight is 219 g/mol. The first-order chi connectivity index (χ1) is 6.50. The van der Waals surface area contributed by atoms with E-state index in [1.54, 1.807) is 0 Å². The van der Waals surface area contributed by atoms with Crippen molar-refractivity contribution in [2.24, 2.45) is 7.05 Å². The summed E-state index contributed by atoms with van der Waals surface area (Å²) in [7, 11) is 1.50. The van der Waals surface area contributed by atoms with Crippen molar-refractivity contribution in [3.05, 3.63) is 28.0 Å². The molecule has 7 nitrogen and oxygen atoms in total. The molecule has 1 heterocycles. The van der Waals surface area contributed by atoms with Gasteiger partial charge in [-0.3, -0.25) is 0 Å². The molecule has 0 spiro atoms. The molecular formula is C7H6N3NaO4. The molecule has 1 aromatic heterocycles. The van der Waals surface area contributed by atoms with Crippen LogP contribution in [0, 0.1) is 10.1 Å². The Kier molecular flexibility index (Phi) is 5.20. The van der Waals surface area contributed by atoms with Gasteiger partial charge in [-0.2, -0.15) is 4.68 Å². The minimum atomic E-state index is -1.41.